The molecule has 0 bridgehead atoms. The Kier molecular flexibility index (Phi) is 7.03. The lowest BCUT2D eigenvalue weighted by Gasteiger charge is -2.31. The first-order valence-corrected chi connectivity index (χ1v) is 6.47. The fourth-order valence-corrected chi connectivity index (χ4v) is 4.07. The van der Waals surface area contributed by atoms with Gasteiger partial charge in [-0.1, -0.05) is 6.08 Å². The van der Waals surface area contributed by atoms with Crippen molar-refractivity contribution in [1.82, 2.24) is 0 Å². The molecule has 0 aromatic heterocycles. The summed E-state index contributed by atoms with van der Waals surface area (Å²) in [5, 5.41) is 0. The first kappa shape index (κ1) is 13.8. The molecule has 0 fully saturated rings. The van der Waals surface area contributed by atoms with E-state index in [9.17, 15) is 0 Å². The molecular weight excluding hydrogens is 198 g/mol. The van der Waals surface area contributed by atoms with Gasteiger partial charge in [0.15, 0.2) is 0 Å². The standard InChI is InChI=1S/C9H21NO3Si/c1-5-6-9(7-8-10)14(11-2,12-3)13-4/h5,9H,1,6-8,10H2,2-4H3. The van der Waals surface area contributed by atoms with Gasteiger partial charge in [0.05, 0.1) is 0 Å². The predicted octanol–water partition coefficient (Wildman–Crippen LogP) is 1.16. The molecule has 0 spiro atoms. The van der Waals surface area contributed by atoms with Gasteiger partial charge >= 0.3 is 8.80 Å². The van der Waals surface area contributed by atoms with E-state index >= 15 is 0 Å². The van der Waals surface area contributed by atoms with E-state index in [4.69, 9.17) is 19.0 Å². The summed E-state index contributed by atoms with van der Waals surface area (Å²) in [6.07, 6.45) is 3.48. The largest absolute Gasteiger partial charge is 0.503 e. The second kappa shape index (κ2) is 7.14. The van der Waals surface area contributed by atoms with Crippen molar-refractivity contribution in [2.45, 2.75) is 18.4 Å². The van der Waals surface area contributed by atoms with E-state index in [2.05, 4.69) is 6.58 Å². The number of nitrogens with two attached hydrogens (primary N) is 1. The summed E-state index contributed by atoms with van der Waals surface area (Å²) in [4.78, 5) is 0. The Labute approximate surface area is 87.4 Å². The minimum atomic E-state index is -2.54. The van der Waals surface area contributed by atoms with E-state index in [0.29, 0.717) is 6.54 Å². The summed E-state index contributed by atoms with van der Waals surface area (Å²) in [6.45, 7) is 4.31. The maximum Gasteiger partial charge on any atom is 0.503 e. The van der Waals surface area contributed by atoms with Crippen LogP contribution in [0.2, 0.25) is 5.54 Å². The lowest BCUT2D eigenvalue weighted by atomic mass is 10.2. The van der Waals surface area contributed by atoms with Crippen LogP contribution in [0, 0.1) is 0 Å². The average Bonchev–Trinajstić information content (AvgIpc) is 2.22. The fourth-order valence-electron chi connectivity index (χ4n) is 1.59. The zero-order valence-electron chi connectivity index (χ0n) is 9.29. The van der Waals surface area contributed by atoms with Gasteiger partial charge < -0.3 is 19.0 Å². The molecule has 0 radical (unpaired) electrons. The van der Waals surface area contributed by atoms with Gasteiger partial charge in [-0.2, -0.15) is 0 Å². The second-order valence-corrected chi connectivity index (χ2v) is 6.26. The van der Waals surface area contributed by atoms with Crippen LogP contribution in [0.25, 0.3) is 0 Å². The molecule has 0 aliphatic heterocycles. The Morgan fingerprint density at radius 2 is 1.79 bits per heavy atom. The minimum absolute atomic E-state index is 0.199. The van der Waals surface area contributed by atoms with Crippen molar-refractivity contribution in [2.75, 3.05) is 27.9 Å². The van der Waals surface area contributed by atoms with E-state index in [1.165, 1.54) is 0 Å². The Morgan fingerprint density at radius 1 is 1.29 bits per heavy atom. The Morgan fingerprint density at radius 3 is 2.07 bits per heavy atom. The smallest absolute Gasteiger partial charge is 0.377 e. The molecule has 0 aliphatic rings. The highest BCUT2D eigenvalue weighted by molar-refractivity contribution is 6.62. The van der Waals surface area contributed by atoms with Crippen LogP contribution in [0.4, 0.5) is 0 Å². The number of hydrogen-bond donors (Lipinski definition) is 1. The van der Waals surface area contributed by atoms with Gasteiger partial charge in [-0.3, -0.25) is 0 Å². The molecule has 0 aromatic carbocycles. The molecule has 0 amide bonds. The molecule has 0 aliphatic carbocycles. The number of rotatable bonds is 8. The summed E-state index contributed by atoms with van der Waals surface area (Å²) < 4.78 is 16.2. The highest BCUT2D eigenvalue weighted by atomic mass is 28.4. The topological polar surface area (TPSA) is 53.7 Å². The summed E-state index contributed by atoms with van der Waals surface area (Å²) in [6, 6.07) is 0. The van der Waals surface area contributed by atoms with Crippen molar-refractivity contribution in [3.05, 3.63) is 12.7 Å². The summed E-state index contributed by atoms with van der Waals surface area (Å²) in [5.41, 5.74) is 5.74. The fraction of sp³-hybridized carbons (Fsp3) is 0.778. The average molecular weight is 219 g/mol. The number of allylic oxidation sites excluding steroid dienone is 1. The van der Waals surface area contributed by atoms with Crippen molar-refractivity contribution in [3.8, 4) is 0 Å². The van der Waals surface area contributed by atoms with Crippen molar-refractivity contribution < 1.29 is 13.3 Å². The van der Waals surface area contributed by atoms with Crippen LogP contribution < -0.4 is 5.73 Å². The van der Waals surface area contributed by atoms with Gasteiger partial charge in [-0.05, 0) is 19.4 Å². The molecule has 14 heavy (non-hydrogen) atoms. The first-order valence-electron chi connectivity index (χ1n) is 4.67. The molecule has 0 heterocycles. The van der Waals surface area contributed by atoms with Crippen LogP contribution in [0.5, 0.6) is 0 Å². The Hall–Kier alpha value is -0.203. The second-order valence-electron chi connectivity index (χ2n) is 3.01. The summed E-state index contributed by atoms with van der Waals surface area (Å²) >= 11 is 0. The zero-order chi connectivity index (χ0) is 11.0. The van der Waals surface area contributed by atoms with Crippen molar-refractivity contribution >= 4 is 8.80 Å². The third-order valence-corrected chi connectivity index (χ3v) is 5.55. The van der Waals surface area contributed by atoms with E-state index in [1.54, 1.807) is 21.3 Å². The van der Waals surface area contributed by atoms with Gasteiger partial charge in [0.25, 0.3) is 0 Å². The third-order valence-electron chi connectivity index (χ3n) is 2.32. The van der Waals surface area contributed by atoms with Crippen molar-refractivity contribution in [2.24, 2.45) is 5.73 Å². The molecule has 0 aromatic rings. The molecule has 1 atom stereocenters. The quantitative estimate of drug-likeness (QED) is 0.491. The maximum absolute atomic E-state index is 5.54. The van der Waals surface area contributed by atoms with Crippen LogP contribution in [-0.4, -0.2) is 36.7 Å². The van der Waals surface area contributed by atoms with Crippen LogP contribution in [0.1, 0.15) is 12.8 Å². The Balaban J connectivity index is 4.59. The Bertz CT molecular complexity index is 154. The lowest BCUT2D eigenvalue weighted by Crippen LogP contribution is -2.48. The molecule has 2 N–H and O–H groups in total. The van der Waals surface area contributed by atoms with Crippen LogP contribution >= 0.6 is 0 Å². The van der Waals surface area contributed by atoms with Crippen molar-refractivity contribution in [1.29, 1.82) is 0 Å². The molecule has 0 saturated carbocycles. The molecule has 84 valence electrons. The lowest BCUT2D eigenvalue weighted by molar-refractivity contribution is 0.110. The van der Waals surface area contributed by atoms with E-state index in [1.807, 2.05) is 6.08 Å². The van der Waals surface area contributed by atoms with Gasteiger partial charge in [0.2, 0.25) is 0 Å². The third kappa shape index (κ3) is 3.18. The minimum Gasteiger partial charge on any atom is -0.377 e. The normalized spacial score (nSPS) is 14.0. The zero-order valence-corrected chi connectivity index (χ0v) is 10.3. The van der Waals surface area contributed by atoms with Crippen LogP contribution in [-0.2, 0) is 13.3 Å². The van der Waals surface area contributed by atoms with E-state index in [-0.39, 0.29) is 5.54 Å². The molecule has 4 nitrogen and oxygen atoms in total. The first-order chi connectivity index (χ1) is 6.70. The molecule has 5 heteroatoms. The highest BCUT2D eigenvalue weighted by Crippen LogP contribution is 2.30. The maximum atomic E-state index is 5.54. The molecule has 0 rings (SSSR count). The van der Waals surface area contributed by atoms with Gasteiger partial charge in [-0.15, -0.1) is 6.58 Å². The number of hydrogen-bond acceptors (Lipinski definition) is 4. The SMILES string of the molecule is C=CCC(CCN)[Si](OC)(OC)OC. The predicted molar refractivity (Wildman–Crippen MR) is 59.0 cm³/mol. The van der Waals surface area contributed by atoms with E-state index < -0.39 is 8.80 Å². The van der Waals surface area contributed by atoms with Gasteiger partial charge in [0, 0.05) is 26.9 Å². The van der Waals surface area contributed by atoms with Crippen LogP contribution in [0.15, 0.2) is 12.7 Å². The van der Waals surface area contributed by atoms with Gasteiger partial charge in [0.1, 0.15) is 0 Å². The monoisotopic (exact) mass is 219 g/mol. The molecular formula is C9H21NO3Si. The van der Waals surface area contributed by atoms with Crippen LogP contribution in [0.3, 0.4) is 0 Å². The molecule has 0 saturated heterocycles. The molecule has 1 unspecified atom stereocenters. The summed E-state index contributed by atoms with van der Waals surface area (Å²) in [5.74, 6) is 0. The van der Waals surface area contributed by atoms with Gasteiger partial charge in [-0.25, -0.2) is 0 Å². The summed E-state index contributed by atoms with van der Waals surface area (Å²) in [7, 11) is 2.31. The van der Waals surface area contributed by atoms with Crippen molar-refractivity contribution in [3.63, 3.8) is 0 Å². The highest BCUT2D eigenvalue weighted by Gasteiger charge is 2.45. The van der Waals surface area contributed by atoms with E-state index in [0.717, 1.165) is 12.8 Å².